The molecule has 1 saturated heterocycles. The molecule has 4 rings (SSSR count). The maximum absolute atomic E-state index is 12.6. The van der Waals surface area contributed by atoms with E-state index in [9.17, 15) is 24.3 Å². The van der Waals surface area contributed by atoms with Gasteiger partial charge in [-0.2, -0.15) is 0 Å². The van der Waals surface area contributed by atoms with E-state index in [0.29, 0.717) is 11.3 Å². The van der Waals surface area contributed by atoms with Crippen LogP contribution in [-0.4, -0.2) is 77.0 Å². The first kappa shape index (κ1) is 21.4. The summed E-state index contributed by atoms with van der Waals surface area (Å²) in [5.41, 5.74) is 0.395. The molecule has 2 atom stereocenters. The predicted octanol–water partition coefficient (Wildman–Crippen LogP) is 0.638. The number of amides is 2. The summed E-state index contributed by atoms with van der Waals surface area (Å²) >= 11 is 3.91. The standard InChI is InChI=1S/C17H15N5O6S3/c23-9(4-8-2-1-3-29-8)18-10-13(24)22-11(15(25)26)7(5-30-14(10)22)6-31-17-19-12(16(27)28)20-21-17/h1-3,10,14H,4-6H2,(H,18,23)(H,25,26)(H,27,28)(H,19,20,21)/t10?,14-/m1/s1. The second-order valence-electron chi connectivity index (χ2n) is 6.54. The number of aromatic nitrogens is 3. The number of aromatic amines is 1. The van der Waals surface area contributed by atoms with E-state index in [1.807, 2.05) is 17.5 Å². The van der Waals surface area contributed by atoms with Crippen molar-refractivity contribution >= 4 is 58.6 Å². The molecule has 0 aliphatic carbocycles. The number of nitrogens with one attached hydrogen (secondary N) is 2. The number of fused-ring (bicyclic) bond motifs is 1. The molecule has 0 spiro atoms. The first-order chi connectivity index (χ1) is 14.8. The zero-order valence-electron chi connectivity index (χ0n) is 15.6. The van der Waals surface area contributed by atoms with Crippen LogP contribution in [0, 0.1) is 0 Å². The Kier molecular flexibility index (Phi) is 6.02. The van der Waals surface area contributed by atoms with Gasteiger partial charge in [-0.25, -0.2) is 9.59 Å². The minimum Gasteiger partial charge on any atom is -0.477 e. The molecule has 1 fully saturated rings. The number of carboxylic acids is 2. The zero-order chi connectivity index (χ0) is 22.1. The average molecular weight is 482 g/mol. The minimum absolute atomic E-state index is 0.108. The molecule has 11 nitrogen and oxygen atoms in total. The second kappa shape index (κ2) is 8.72. The van der Waals surface area contributed by atoms with Gasteiger partial charge in [-0.1, -0.05) is 17.8 Å². The number of thiophene rings is 1. The Hall–Kier alpha value is -2.84. The molecule has 0 radical (unpaired) electrons. The lowest BCUT2D eigenvalue weighted by molar-refractivity contribution is -0.150. The van der Waals surface area contributed by atoms with E-state index in [-0.39, 0.29) is 34.8 Å². The maximum atomic E-state index is 12.6. The van der Waals surface area contributed by atoms with Gasteiger partial charge in [-0.15, -0.1) is 33.3 Å². The van der Waals surface area contributed by atoms with Crippen molar-refractivity contribution in [2.45, 2.75) is 23.0 Å². The molecule has 2 aliphatic heterocycles. The van der Waals surface area contributed by atoms with Crippen LogP contribution < -0.4 is 5.32 Å². The van der Waals surface area contributed by atoms with E-state index in [1.54, 1.807) is 0 Å². The van der Waals surface area contributed by atoms with Crippen molar-refractivity contribution in [2.75, 3.05) is 11.5 Å². The smallest absolute Gasteiger partial charge is 0.373 e. The van der Waals surface area contributed by atoms with Crippen LogP contribution in [0.1, 0.15) is 15.5 Å². The molecular formula is C17H15N5O6S3. The summed E-state index contributed by atoms with van der Waals surface area (Å²) < 4.78 is 0. The molecular weight excluding hydrogens is 466 g/mol. The highest BCUT2D eigenvalue weighted by Gasteiger charge is 2.54. The number of hydrogen-bond donors (Lipinski definition) is 4. The summed E-state index contributed by atoms with van der Waals surface area (Å²) in [6.45, 7) is 0. The highest BCUT2D eigenvalue weighted by Crippen LogP contribution is 2.41. The van der Waals surface area contributed by atoms with E-state index in [4.69, 9.17) is 5.11 Å². The SMILES string of the molecule is O=C(Cc1cccs1)NC1C(=O)N2C(C(=O)O)=C(CSc3nnc(C(=O)O)[nH]3)CS[C@H]12. The lowest BCUT2D eigenvalue weighted by atomic mass is 10.0. The summed E-state index contributed by atoms with van der Waals surface area (Å²) in [5, 5.41) is 30.1. The van der Waals surface area contributed by atoms with E-state index in [1.165, 1.54) is 28.0 Å². The van der Waals surface area contributed by atoms with Gasteiger partial charge in [-0.05, 0) is 17.0 Å². The van der Waals surface area contributed by atoms with Crippen LogP contribution in [0.4, 0.5) is 0 Å². The van der Waals surface area contributed by atoms with Gasteiger partial charge in [0.1, 0.15) is 17.1 Å². The van der Waals surface area contributed by atoms with Crippen molar-refractivity contribution in [3.8, 4) is 0 Å². The Morgan fingerprint density at radius 2 is 2.10 bits per heavy atom. The van der Waals surface area contributed by atoms with Crippen LogP contribution in [0.3, 0.4) is 0 Å². The summed E-state index contributed by atoms with van der Waals surface area (Å²) in [6, 6.07) is 2.90. The number of aromatic carboxylic acids is 1. The molecule has 1 unspecified atom stereocenters. The Morgan fingerprint density at radius 3 is 2.74 bits per heavy atom. The molecule has 2 aromatic rings. The first-order valence-corrected chi connectivity index (χ1v) is 11.8. The lowest BCUT2D eigenvalue weighted by Crippen LogP contribution is -2.70. The number of thioether (sulfide) groups is 2. The highest BCUT2D eigenvalue weighted by atomic mass is 32.2. The summed E-state index contributed by atoms with van der Waals surface area (Å²) in [7, 11) is 0. The molecule has 2 aromatic heterocycles. The largest absolute Gasteiger partial charge is 0.477 e. The fraction of sp³-hybridized carbons (Fsp3) is 0.294. The van der Waals surface area contributed by atoms with Gasteiger partial charge in [-0.3, -0.25) is 14.5 Å². The minimum atomic E-state index is -1.25. The van der Waals surface area contributed by atoms with E-state index in [0.717, 1.165) is 16.6 Å². The van der Waals surface area contributed by atoms with E-state index >= 15 is 0 Å². The van der Waals surface area contributed by atoms with Gasteiger partial charge in [0.2, 0.25) is 11.7 Å². The molecule has 162 valence electrons. The molecule has 14 heteroatoms. The third-order valence-electron chi connectivity index (χ3n) is 4.53. The lowest BCUT2D eigenvalue weighted by Gasteiger charge is -2.49. The van der Waals surface area contributed by atoms with Gasteiger partial charge >= 0.3 is 11.9 Å². The number of H-pyrrole nitrogens is 1. The van der Waals surface area contributed by atoms with Crippen LogP contribution in [-0.2, 0) is 20.8 Å². The number of rotatable bonds is 8. The van der Waals surface area contributed by atoms with Crippen molar-refractivity contribution in [1.82, 2.24) is 25.4 Å². The van der Waals surface area contributed by atoms with E-state index < -0.39 is 29.3 Å². The van der Waals surface area contributed by atoms with Gasteiger partial charge in [0.15, 0.2) is 5.16 Å². The molecule has 0 bridgehead atoms. The van der Waals surface area contributed by atoms with Crippen molar-refractivity contribution in [2.24, 2.45) is 0 Å². The van der Waals surface area contributed by atoms with Crippen LogP contribution in [0.2, 0.25) is 0 Å². The number of nitrogens with zero attached hydrogens (tertiary/aromatic N) is 3. The Labute approximate surface area is 187 Å². The van der Waals surface area contributed by atoms with Crippen LogP contribution in [0.5, 0.6) is 0 Å². The average Bonchev–Trinajstić information content (AvgIpc) is 3.41. The molecule has 31 heavy (non-hydrogen) atoms. The molecule has 0 aromatic carbocycles. The summed E-state index contributed by atoms with van der Waals surface area (Å²) in [4.78, 5) is 52.2. The van der Waals surface area contributed by atoms with Crippen molar-refractivity contribution in [3.05, 3.63) is 39.5 Å². The highest BCUT2D eigenvalue weighted by molar-refractivity contribution is 8.01. The summed E-state index contributed by atoms with van der Waals surface area (Å²) in [6.07, 6.45) is 0.165. The third kappa shape index (κ3) is 4.31. The van der Waals surface area contributed by atoms with Gasteiger partial charge < -0.3 is 20.5 Å². The van der Waals surface area contributed by atoms with Gasteiger partial charge in [0.25, 0.3) is 5.91 Å². The van der Waals surface area contributed by atoms with Crippen LogP contribution in [0.25, 0.3) is 0 Å². The quantitative estimate of drug-likeness (QED) is 0.310. The Bertz CT molecular complexity index is 1080. The number of carbonyl (C=O) groups excluding carboxylic acids is 2. The topological polar surface area (TPSA) is 166 Å². The van der Waals surface area contributed by atoms with Crippen molar-refractivity contribution < 1.29 is 29.4 Å². The van der Waals surface area contributed by atoms with Crippen molar-refractivity contribution in [3.63, 3.8) is 0 Å². The van der Waals surface area contributed by atoms with Gasteiger partial charge in [0.05, 0.1) is 6.42 Å². The monoisotopic (exact) mass is 481 g/mol. The maximum Gasteiger partial charge on any atom is 0.373 e. The predicted molar refractivity (Wildman–Crippen MR) is 112 cm³/mol. The van der Waals surface area contributed by atoms with Gasteiger partial charge in [0, 0.05) is 16.4 Å². The van der Waals surface area contributed by atoms with E-state index in [2.05, 4.69) is 20.5 Å². The van der Waals surface area contributed by atoms with Crippen LogP contribution in [0.15, 0.2) is 33.9 Å². The number of aliphatic carboxylic acids is 1. The summed E-state index contributed by atoms with van der Waals surface area (Å²) in [5.74, 6) is -3.02. The normalized spacial score (nSPS) is 20.3. The third-order valence-corrected chi connectivity index (χ3v) is 7.70. The number of carbonyl (C=O) groups is 4. The number of β-lactam (4-membered cyclic amide) rings is 1. The molecule has 0 saturated carbocycles. The molecule has 2 amide bonds. The molecule has 4 heterocycles. The number of carboxylic acid groups (broad SMARTS) is 2. The Morgan fingerprint density at radius 1 is 1.29 bits per heavy atom. The van der Waals surface area contributed by atoms with Crippen molar-refractivity contribution in [1.29, 1.82) is 0 Å². The Balaban J connectivity index is 1.43. The van der Waals surface area contributed by atoms with Crippen LogP contribution >= 0.6 is 34.9 Å². The molecule has 4 N–H and O–H groups in total. The first-order valence-electron chi connectivity index (χ1n) is 8.85. The second-order valence-corrected chi connectivity index (χ2v) is 9.64. The molecule has 2 aliphatic rings. The fourth-order valence-corrected chi connectivity index (χ4v) is 6.15. The zero-order valence-corrected chi connectivity index (χ0v) is 18.1. The fourth-order valence-electron chi connectivity index (χ4n) is 3.15. The number of hydrogen-bond acceptors (Lipinski definition) is 9.